The molecule has 4 atom stereocenters. The van der Waals surface area contributed by atoms with Crippen molar-refractivity contribution in [3.05, 3.63) is 0 Å². The Kier molecular flexibility index (Phi) is 3.21. The molecule has 0 aromatic rings. The second-order valence-electron chi connectivity index (χ2n) is 2.99. The SMILES string of the molecule is O=C(O)C1O[C@@H](CO)C(O)C[C@H]1O. The molecule has 0 saturated carbocycles. The topological polar surface area (TPSA) is 107 Å². The first-order chi connectivity index (χ1) is 6.06. The lowest BCUT2D eigenvalue weighted by molar-refractivity contribution is -0.197. The number of aliphatic hydroxyl groups is 3. The van der Waals surface area contributed by atoms with Crippen molar-refractivity contribution >= 4 is 5.97 Å². The third kappa shape index (κ3) is 2.16. The van der Waals surface area contributed by atoms with Crippen LogP contribution in [0, 0.1) is 0 Å². The summed E-state index contributed by atoms with van der Waals surface area (Å²) in [7, 11) is 0. The van der Waals surface area contributed by atoms with Gasteiger partial charge in [-0.1, -0.05) is 0 Å². The smallest absolute Gasteiger partial charge is 0.335 e. The Bertz CT molecular complexity index is 193. The molecule has 1 saturated heterocycles. The molecule has 13 heavy (non-hydrogen) atoms. The quantitative estimate of drug-likeness (QED) is 0.401. The minimum atomic E-state index is -1.36. The maximum Gasteiger partial charge on any atom is 0.335 e. The number of carboxylic acid groups (broad SMARTS) is 1. The van der Waals surface area contributed by atoms with E-state index in [2.05, 4.69) is 0 Å². The lowest BCUT2D eigenvalue weighted by atomic mass is 9.99. The van der Waals surface area contributed by atoms with E-state index in [1.54, 1.807) is 0 Å². The standard InChI is InChI=1S/C7H12O6/c8-2-5-3(9)1-4(10)6(13-5)7(11)12/h3-6,8-10H,1-2H2,(H,11,12)/t3?,4-,5+,6?/m1/s1. The van der Waals surface area contributed by atoms with E-state index in [1.165, 1.54) is 0 Å². The van der Waals surface area contributed by atoms with E-state index in [4.69, 9.17) is 14.9 Å². The number of aliphatic hydroxyl groups excluding tert-OH is 3. The van der Waals surface area contributed by atoms with Crippen molar-refractivity contribution in [3.8, 4) is 0 Å². The van der Waals surface area contributed by atoms with Crippen LogP contribution in [-0.2, 0) is 9.53 Å². The maximum atomic E-state index is 10.5. The summed E-state index contributed by atoms with van der Waals surface area (Å²) in [6.07, 6.45) is -4.63. The molecule has 0 radical (unpaired) electrons. The van der Waals surface area contributed by atoms with E-state index >= 15 is 0 Å². The minimum absolute atomic E-state index is 0.0950. The van der Waals surface area contributed by atoms with Crippen LogP contribution in [0.2, 0.25) is 0 Å². The summed E-state index contributed by atoms with van der Waals surface area (Å²) in [5.74, 6) is -1.29. The van der Waals surface area contributed by atoms with E-state index in [1.807, 2.05) is 0 Å². The fourth-order valence-electron chi connectivity index (χ4n) is 1.28. The fourth-order valence-corrected chi connectivity index (χ4v) is 1.28. The largest absolute Gasteiger partial charge is 0.479 e. The Balaban J connectivity index is 2.63. The number of aliphatic carboxylic acids is 1. The van der Waals surface area contributed by atoms with Crippen LogP contribution in [0.4, 0.5) is 0 Å². The van der Waals surface area contributed by atoms with Gasteiger partial charge in [-0.15, -0.1) is 0 Å². The molecular formula is C7H12O6. The van der Waals surface area contributed by atoms with E-state index < -0.39 is 37.0 Å². The van der Waals surface area contributed by atoms with Crippen LogP contribution in [0.3, 0.4) is 0 Å². The molecule has 6 heteroatoms. The van der Waals surface area contributed by atoms with Gasteiger partial charge in [-0.2, -0.15) is 0 Å². The Morgan fingerprint density at radius 2 is 2.00 bits per heavy atom. The number of hydrogen-bond acceptors (Lipinski definition) is 5. The third-order valence-electron chi connectivity index (χ3n) is 2.01. The van der Waals surface area contributed by atoms with Crippen LogP contribution in [0.25, 0.3) is 0 Å². The summed E-state index contributed by atoms with van der Waals surface area (Å²) in [4.78, 5) is 10.5. The van der Waals surface area contributed by atoms with E-state index in [-0.39, 0.29) is 6.42 Å². The van der Waals surface area contributed by atoms with Crippen LogP contribution < -0.4 is 0 Å². The van der Waals surface area contributed by atoms with Crippen LogP contribution in [-0.4, -0.2) is 57.4 Å². The highest BCUT2D eigenvalue weighted by Gasteiger charge is 2.39. The van der Waals surface area contributed by atoms with Crippen LogP contribution in [0.15, 0.2) is 0 Å². The van der Waals surface area contributed by atoms with Gasteiger partial charge in [0, 0.05) is 6.42 Å². The molecule has 6 nitrogen and oxygen atoms in total. The summed E-state index contributed by atoms with van der Waals surface area (Å²) in [6.45, 7) is -0.461. The van der Waals surface area contributed by atoms with Gasteiger partial charge in [-0.25, -0.2) is 4.79 Å². The molecule has 0 aromatic carbocycles. The van der Waals surface area contributed by atoms with Crippen LogP contribution in [0.1, 0.15) is 6.42 Å². The van der Waals surface area contributed by atoms with Crippen molar-refractivity contribution < 1.29 is 30.0 Å². The number of rotatable bonds is 2. The van der Waals surface area contributed by atoms with Gasteiger partial charge in [0.15, 0.2) is 6.10 Å². The summed E-state index contributed by atoms with van der Waals surface area (Å²) in [5.41, 5.74) is 0. The van der Waals surface area contributed by atoms with Crippen molar-refractivity contribution in [1.82, 2.24) is 0 Å². The zero-order chi connectivity index (χ0) is 10.0. The normalized spacial score (nSPS) is 40.2. The number of hydrogen-bond donors (Lipinski definition) is 4. The molecule has 0 bridgehead atoms. The molecular weight excluding hydrogens is 180 g/mol. The molecule has 76 valence electrons. The lowest BCUT2D eigenvalue weighted by Crippen LogP contribution is -2.51. The molecule has 1 heterocycles. The summed E-state index contributed by atoms with van der Waals surface area (Å²) < 4.78 is 4.77. The maximum absolute atomic E-state index is 10.5. The Morgan fingerprint density at radius 1 is 1.38 bits per heavy atom. The van der Waals surface area contributed by atoms with Gasteiger partial charge < -0.3 is 25.2 Å². The number of carboxylic acids is 1. The monoisotopic (exact) mass is 192 g/mol. The van der Waals surface area contributed by atoms with Crippen LogP contribution >= 0.6 is 0 Å². The average Bonchev–Trinajstić information content (AvgIpc) is 2.03. The highest BCUT2D eigenvalue weighted by molar-refractivity contribution is 5.73. The molecule has 1 rings (SSSR count). The van der Waals surface area contributed by atoms with Crippen molar-refractivity contribution in [2.45, 2.75) is 30.8 Å². The van der Waals surface area contributed by atoms with Gasteiger partial charge >= 0.3 is 5.97 Å². The molecule has 1 aliphatic heterocycles. The van der Waals surface area contributed by atoms with Gasteiger partial charge in [0.2, 0.25) is 0 Å². The molecule has 4 N–H and O–H groups in total. The molecule has 1 aliphatic rings. The summed E-state index contributed by atoms with van der Waals surface area (Å²) in [5, 5.41) is 35.6. The van der Waals surface area contributed by atoms with E-state index in [9.17, 15) is 15.0 Å². The highest BCUT2D eigenvalue weighted by atomic mass is 16.6. The zero-order valence-electron chi connectivity index (χ0n) is 6.83. The lowest BCUT2D eigenvalue weighted by Gasteiger charge is -2.34. The van der Waals surface area contributed by atoms with Gasteiger partial charge in [0.25, 0.3) is 0 Å². The fraction of sp³-hybridized carbons (Fsp3) is 0.857. The molecule has 2 unspecified atom stereocenters. The van der Waals surface area contributed by atoms with Crippen LogP contribution in [0.5, 0.6) is 0 Å². The van der Waals surface area contributed by atoms with E-state index in [0.29, 0.717) is 0 Å². The van der Waals surface area contributed by atoms with Gasteiger partial charge in [-0.3, -0.25) is 0 Å². The Hall–Kier alpha value is -0.690. The highest BCUT2D eigenvalue weighted by Crippen LogP contribution is 2.20. The molecule has 0 spiro atoms. The first-order valence-corrected chi connectivity index (χ1v) is 3.91. The summed E-state index contributed by atoms with van der Waals surface area (Å²) in [6, 6.07) is 0. The second-order valence-corrected chi connectivity index (χ2v) is 2.99. The van der Waals surface area contributed by atoms with Gasteiger partial charge in [0.1, 0.15) is 6.10 Å². The number of ether oxygens (including phenoxy) is 1. The second kappa shape index (κ2) is 4.01. The molecule has 0 aliphatic carbocycles. The Labute approximate surface area is 74.4 Å². The third-order valence-corrected chi connectivity index (χ3v) is 2.01. The minimum Gasteiger partial charge on any atom is -0.479 e. The average molecular weight is 192 g/mol. The van der Waals surface area contributed by atoms with E-state index in [0.717, 1.165) is 0 Å². The first-order valence-electron chi connectivity index (χ1n) is 3.91. The van der Waals surface area contributed by atoms with Crippen molar-refractivity contribution in [2.24, 2.45) is 0 Å². The predicted molar refractivity (Wildman–Crippen MR) is 40.0 cm³/mol. The zero-order valence-corrected chi connectivity index (χ0v) is 6.83. The first kappa shape index (κ1) is 10.4. The van der Waals surface area contributed by atoms with Crippen molar-refractivity contribution in [2.75, 3.05) is 6.61 Å². The van der Waals surface area contributed by atoms with Gasteiger partial charge in [0.05, 0.1) is 18.8 Å². The number of carbonyl (C=O) groups is 1. The van der Waals surface area contributed by atoms with Gasteiger partial charge in [-0.05, 0) is 0 Å². The molecule has 1 fully saturated rings. The molecule has 0 aromatic heterocycles. The molecule has 0 amide bonds. The van der Waals surface area contributed by atoms with Crippen molar-refractivity contribution in [3.63, 3.8) is 0 Å². The predicted octanol–water partition coefficient (Wildman–Crippen LogP) is -2.06. The van der Waals surface area contributed by atoms with Crippen molar-refractivity contribution in [1.29, 1.82) is 0 Å². The Morgan fingerprint density at radius 3 is 2.46 bits per heavy atom. The summed E-state index contributed by atoms with van der Waals surface area (Å²) >= 11 is 0.